The van der Waals surface area contributed by atoms with Gasteiger partial charge in [0.25, 0.3) is 0 Å². The van der Waals surface area contributed by atoms with Gasteiger partial charge >= 0.3 is 0 Å². The Hall–Kier alpha value is -1.75. The molecule has 1 atom stereocenters. The lowest BCUT2D eigenvalue weighted by molar-refractivity contribution is -0.144. The minimum Gasteiger partial charge on any atom is -0.339 e. The van der Waals surface area contributed by atoms with Gasteiger partial charge in [-0.1, -0.05) is 36.4 Å². The van der Waals surface area contributed by atoms with Crippen LogP contribution in [0.3, 0.4) is 0 Å². The summed E-state index contributed by atoms with van der Waals surface area (Å²) in [6.45, 7) is 4.40. The molecule has 0 aliphatic carbocycles. The van der Waals surface area contributed by atoms with E-state index in [-0.39, 0.29) is 18.4 Å². The summed E-state index contributed by atoms with van der Waals surface area (Å²) in [7, 11) is 0. The second-order valence-electron chi connectivity index (χ2n) is 4.53. The highest BCUT2D eigenvalue weighted by molar-refractivity contribution is 7.99. The van der Waals surface area contributed by atoms with Gasteiger partial charge in [-0.25, -0.2) is 0 Å². The number of nitrogens with one attached hydrogen (secondary N) is 1. The molecule has 0 aromatic heterocycles. The van der Waals surface area contributed by atoms with Crippen LogP contribution >= 0.6 is 11.8 Å². The maximum Gasteiger partial charge on any atom is 0.250 e. The molecule has 2 rings (SSSR count). The van der Waals surface area contributed by atoms with E-state index >= 15 is 0 Å². The first-order valence-corrected chi connectivity index (χ1v) is 7.69. The summed E-state index contributed by atoms with van der Waals surface area (Å²) in [6.07, 6.45) is 1.84. The van der Waals surface area contributed by atoms with Gasteiger partial charge < -0.3 is 10.2 Å². The fourth-order valence-corrected chi connectivity index (χ4v) is 2.79. The molecule has 0 radical (unpaired) electrons. The number of thioether (sulfide) groups is 1. The van der Waals surface area contributed by atoms with Crippen LogP contribution in [0.4, 0.5) is 0 Å². The minimum atomic E-state index is -0.554. The lowest BCUT2D eigenvalue weighted by Gasteiger charge is -2.32. The molecule has 1 unspecified atom stereocenters. The van der Waals surface area contributed by atoms with E-state index < -0.39 is 6.04 Å². The Morgan fingerprint density at radius 1 is 1.35 bits per heavy atom. The normalized spacial score (nSPS) is 18.8. The zero-order valence-electron chi connectivity index (χ0n) is 11.2. The molecule has 1 saturated heterocycles. The fourth-order valence-electron chi connectivity index (χ4n) is 2.10. The molecule has 4 nitrogen and oxygen atoms in total. The summed E-state index contributed by atoms with van der Waals surface area (Å²) >= 11 is 1.70. The number of rotatable bonds is 6. The number of carbonyl (C=O) groups is 2. The molecule has 1 aromatic carbocycles. The summed E-state index contributed by atoms with van der Waals surface area (Å²) in [6, 6.07) is 8.79. The molecule has 1 heterocycles. The average Bonchev–Trinajstić information content (AvgIpc) is 2.47. The smallest absolute Gasteiger partial charge is 0.250 e. The van der Waals surface area contributed by atoms with Crippen molar-refractivity contribution in [2.45, 2.75) is 6.04 Å². The Bertz CT molecular complexity index is 490. The monoisotopic (exact) mass is 290 g/mol. The Labute approximate surface area is 123 Å². The second-order valence-corrected chi connectivity index (χ2v) is 5.68. The maximum absolute atomic E-state index is 12.4. The van der Waals surface area contributed by atoms with Gasteiger partial charge in [0.15, 0.2) is 0 Å². The van der Waals surface area contributed by atoms with Crippen LogP contribution in [0, 0.1) is 0 Å². The maximum atomic E-state index is 12.4. The third-order valence-corrected chi connectivity index (χ3v) is 4.02. The zero-order chi connectivity index (χ0) is 14.4. The topological polar surface area (TPSA) is 49.4 Å². The number of nitrogens with zero attached hydrogens (tertiary/aromatic N) is 1. The number of benzene rings is 1. The van der Waals surface area contributed by atoms with Gasteiger partial charge in [-0.3, -0.25) is 9.59 Å². The summed E-state index contributed by atoms with van der Waals surface area (Å²) in [5.74, 6) is 1.53. The van der Waals surface area contributed by atoms with Gasteiger partial charge in [0.1, 0.15) is 6.04 Å². The summed E-state index contributed by atoms with van der Waals surface area (Å²) in [5.41, 5.74) is 0.828. The molecule has 1 fully saturated rings. The molecule has 2 amide bonds. The van der Waals surface area contributed by atoms with Crippen LogP contribution in [0.15, 0.2) is 43.0 Å². The SMILES string of the molecule is C=CCSCCN1CC(=O)NC(c2ccccc2)C1=O. The number of amides is 2. The average molecular weight is 290 g/mol. The van der Waals surface area contributed by atoms with Gasteiger partial charge in [-0.05, 0) is 5.56 Å². The quantitative estimate of drug-likeness (QED) is 0.639. The van der Waals surface area contributed by atoms with E-state index in [2.05, 4.69) is 11.9 Å². The fraction of sp³-hybridized carbons (Fsp3) is 0.333. The van der Waals surface area contributed by atoms with Crippen molar-refractivity contribution in [3.05, 3.63) is 48.6 Å². The van der Waals surface area contributed by atoms with Crippen LogP contribution in [0.2, 0.25) is 0 Å². The molecule has 1 aliphatic heterocycles. The Balaban J connectivity index is 2.02. The largest absolute Gasteiger partial charge is 0.339 e. The van der Waals surface area contributed by atoms with Crippen LogP contribution in [0.25, 0.3) is 0 Å². The molecule has 1 N–H and O–H groups in total. The molecule has 1 aliphatic rings. The van der Waals surface area contributed by atoms with Gasteiger partial charge in [0, 0.05) is 18.1 Å². The number of carbonyl (C=O) groups excluding carboxylic acids is 2. The Kier molecular flexibility index (Phi) is 5.24. The molecule has 5 heteroatoms. The molecule has 0 bridgehead atoms. The van der Waals surface area contributed by atoms with Crippen LogP contribution in [0.5, 0.6) is 0 Å². The van der Waals surface area contributed by atoms with Crippen molar-refractivity contribution < 1.29 is 9.59 Å². The third-order valence-electron chi connectivity index (χ3n) is 3.07. The molecule has 1 aromatic rings. The number of piperazine rings is 1. The van der Waals surface area contributed by atoms with Crippen molar-refractivity contribution in [2.75, 3.05) is 24.6 Å². The van der Waals surface area contributed by atoms with E-state index in [1.807, 2.05) is 36.4 Å². The molecule has 0 spiro atoms. The van der Waals surface area contributed by atoms with Crippen LogP contribution in [-0.4, -0.2) is 41.3 Å². The lowest BCUT2D eigenvalue weighted by atomic mass is 10.0. The van der Waals surface area contributed by atoms with Gasteiger partial charge in [-0.15, -0.1) is 6.58 Å². The third kappa shape index (κ3) is 3.63. The highest BCUT2D eigenvalue weighted by Gasteiger charge is 2.33. The van der Waals surface area contributed by atoms with E-state index in [9.17, 15) is 9.59 Å². The lowest BCUT2D eigenvalue weighted by Crippen LogP contribution is -2.53. The van der Waals surface area contributed by atoms with Gasteiger partial charge in [-0.2, -0.15) is 11.8 Å². The standard InChI is InChI=1S/C15H18N2O2S/c1-2-9-20-10-8-17-11-13(18)16-14(15(17)19)12-6-4-3-5-7-12/h2-7,14H,1,8-11H2,(H,16,18). The Morgan fingerprint density at radius 3 is 2.80 bits per heavy atom. The molecular formula is C15H18N2O2S. The van der Waals surface area contributed by atoms with Crippen LogP contribution < -0.4 is 5.32 Å². The number of hydrogen-bond donors (Lipinski definition) is 1. The highest BCUT2D eigenvalue weighted by atomic mass is 32.2. The van der Waals surface area contributed by atoms with Crippen molar-refractivity contribution in [2.24, 2.45) is 0 Å². The van der Waals surface area contributed by atoms with Crippen molar-refractivity contribution in [1.82, 2.24) is 10.2 Å². The van der Waals surface area contributed by atoms with E-state index in [1.165, 1.54) is 0 Å². The molecule has 20 heavy (non-hydrogen) atoms. The minimum absolute atomic E-state index is 0.0324. The van der Waals surface area contributed by atoms with Crippen molar-refractivity contribution in [1.29, 1.82) is 0 Å². The predicted octanol–water partition coefficient (Wildman–Crippen LogP) is 1.61. The Morgan fingerprint density at radius 2 is 2.10 bits per heavy atom. The molecular weight excluding hydrogens is 272 g/mol. The zero-order valence-corrected chi connectivity index (χ0v) is 12.1. The van der Waals surface area contributed by atoms with E-state index in [1.54, 1.807) is 16.7 Å². The summed E-state index contributed by atoms with van der Waals surface area (Å²) in [5, 5.41) is 2.76. The molecule has 0 saturated carbocycles. The second kappa shape index (κ2) is 7.14. The predicted molar refractivity (Wildman–Crippen MR) is 81.4 cm³/mol. The van der Waals surface area contributed by atoms with E-state index in [4.69, 9.17) is 0 Å². The first-order chi connectivity index (χ1) is 9.72. The van der Waals surface area contributed by atoms with E-state index in [0.29, 0.717) is 6.54 Å². The first-order valence-electron chi connectivity index (χ1n) is 6.54. The first kappa shape index (κ1) is 14.7. The van der Waals surface area contributed by atoms with Crippen molar-refractivity contribution in [3.8, 4) is 0 Å². The van der Waals surface area contributed by atoms with Crippen LogP contribution in [0.1, 0.15) is 11.6 Å². The van der Waals surface area contributed by atoms with Crippen molar-refractivity contribution in [3.63, 3.8) is 0 Å². The molecule has 106 valence electrons. The summed E-state index contributed by atoms with van der Waals surface area (Å²) < 4.78 is 0. The summed E-state index contributed by atoms with van der Waals surface area (Å²) in [4.78, 5) is 25.8. The van der Waals surface area contributed by atoms with E-state index in [0.717, 1.165) is 17.1 Å². The highest BCUT2D eigenvalue weighted by Crippen LogP contribution is 2.19. The number of hydrogen-bond acceptors (Lipinski definition) is 3. The van der Waals surface area contributed by atoms with Gasteiger partial charge in [0.05, 0.1) is 6.54 Å². The van der Waals surface area contributed by atoms with Crippen molar-refractivity contribution >= 4 is 23.6 Å². The van der Waals surface area contributed by atoms with Crippen LogP contribution in [-0.2, 0) is 9.59 Å². The van der Waals surface area contributed by atoms with Gasteiger partial charge in [0.2, 0.25) is 11.8 Å².